The van der Waals surface area contributed by atoms with E-state index in [4.69, 9.17) is 0 Å². The van der Waals surface area contributed by atoms with Gasteiger partial charge >= 0.3 is 0 Å². The number of hydrogen-bond acceptors (Lipinski definition) is 1. The molecule has 0 aliphatic heterocycles. The van der Waals surface area contributed by atoms with Gasteiger partial charge in [0.1, 0.15) is 5.78 Å². The molecule has 0 bridgehead atoms. The van der Waals surface area contributed by atoms with E-state index in [9.17, 15) is 4.79 Å². The van der Waals surface area contributed by atoms with Crippen molar-refractivity contribution >= 4 is 5.78 Å². The third kappa shape index (κ3) is 1.85. The standard InChI is InChI=1S/C20H32O/c1-13-4-5-14-6-7-15-16-8-9-18(21)19(16,2)11-10-17(15)20(14,3)12-13/h13-17H,4-12H2,1-3H3. The van der Waals surface area contributed by atoms with E-state index in [0.29, 0.717) is 11.2 Å². The van der Waals surface area contributed by atoms with Gasteiger partial charge in [0.05, 0.1) is 0 Å². The molecule has 7 unspecified atom stereocenters. The second kappa shape index (κ2) is 4.59. The Balaban J connectivity index is 1.66. The lowest BCUT2D eigenvalue weighted by Crippen LogP contribution is -2.53. The summed E-state index contributed by atoms with van der Waals surface area (Å²) in [6.45, 7) is 7.40. The van der Waals surface area contributed by atoms with Gasteiger partial charge in [0.25, 0.3) is 0 Å². The van der Waals surface area contributed by atoms with E-state index in [1.54, 1.807) is 0 Å². The molecule has 4 rings (SSSR count). The van der Waals surface area contributed by atoms with Crippen LogP contribution in [0, 0.1) is 40.4 Å². The first kappa shape index (κ1) is 14.3. The molecular weight excluding hydrogens is 256 g/mol. The minimum absolute atomic E-state index is 0.0602. The Kier molecular flexibility index (Phi) is 3.12. The second-order valence-electron chi connectivity index (χ2n) is 9.46. The Morgan fingerprint density at radius 2 is 1.71 bits per heavy atom. The predicted octanol–water partition coefficient (Wildman–Crippen LogP) is 5.23. The fourth-order valence-corrected chi connectivity index (χ4v) is 7.44. The summed E-state index contributed by atoms with van der Waals surface area (Å²) in [5, 5.41) is 0. The highest BCUT2D eigenvalue weighted by Gasteiger charge is 2.59. The molecule has 0 N–H and O–H groups in total. The first-order chi connectivity index (χ1) is 9.95. The maximum absolute atomic E-state index is 12.4. The van der Waals surface area contributed by atoms with Gasteiger partial charge in [-0.05, 0) is 80.0 Å². The van der Waals surface area contributed by atoms with Crippen LogP contribution in [-0.4, -0.2) is 5.78 Å². The molecule has 4 saturated carbocycles. The van der Waals surface area contributed by atoms with Crippen molar-refractivity contribution in [2.45, 2.75) is 78.6 Å². The van der Waals surface area contributed by atoms with Crippen LogP contribution in [0.25, 0.3) is 0 Å². The summed E-state index contributed by atoms with van der Waals surface area (Å²) in [7, 11) is 0. The van der Waals surface area contributed by atoms with Gasteiger partial charge in [-0.3, -0.25) is 4.79 Å². The van der Waals surface area contributed by atoms with Gasteiger partial charge in [0.2, 0.25) is 0 Å². The molecule has 118 valence electrons. The third-order valence-corrected chi connectivity index (χ3v) is 8.57. The van der Waals surface area contributed by atoms with Gasteiger partial charge in [-0.25, -0.2) is 0 Å². The van der Waals surface area contributed by atoms with Crippen LogP contribution in [0.2, 0.25) is 0 Å². The average molecular weight is 288 g/mol. The van der Waals surface area contributed by atoms with Crippen molar-refractivity contribution in [1.82, 2.24) is 0 Å². The highest BCUT2D eigenvalue weighted by atomic mass is 16.1. The average Bonchev–Trinajstić information content (AvgIpc) is 2.74. The summed E-state index contributed by atoms with van der Waals surface area (Å²) in [6, 6.07) is 0. The lowest BCUT2D eigenvalue weighted by molar-refractivity contribution is -0.140. The topological polar surface area (TPSA) is 17.1 Å². The van der Waals surface area contributed by atoms with Crippen LogP contribution in [0.4, 0.5) is 0 Å². The van der Waals surface area contributed by atoms with Crippen LogP contribution in [0.1, 0.15) is 78.6 Å². The Bertz CT molecular complexity index is 455. The van der Waals surface area contributed by atoms with Crippen LogP contribution >= 0.6 is 0 Å². The Morgan fingerprint density at radius 1 is 0.952 bits per heavy atom. The van der Waals surface area contributed by atoms with Gasteiger partial charge < -0.3 is 0 Å². The van der Waals surface area contributed by atoms with Crippen molar-refractivity contribution < 1.29 is 4.79 Å². The molecule has 1 nitrogen and oxygen atoms in total. The summed E-state index contributed by atoms with van der Waals surface area (Å²) in [5.41, 5.74) is 0.651. The van der Waals surface area contributed by atoms with E-state index in [-0.39, 0.29) is 5.41 Å². The molecule has 0 aromatic heterocycles. The molecule has 4 aliphatic carbocycles. The molecule has 0 heterocycles. The van der Waals surface area contributed by atoms with Gasteiger partial charge in [-0.2, -0.15) is 0 Å². The minimum Gasteiger partial charge on any atom is -0.299 e. The van der Waals surface area contributed by atoms with Crippen molar-refractivity contribution in [1.29, 1.82) is 0 Å². The predicted molar refractivity (Wildman–Crippen MR) is 85.9 cm³/mol. The number of Topliss-reactive ketones (excluding diaryl/α,β-unsaturated/α-hetero) is 1. The first-order valence-electron chi connectivity index (χ1n) is 9.48. The monoisotopic (exact) mass is 288 g/mol. The lowest BCUT2D eigenvalue weighted by Gasteiger charge is -2.60. The van der Waals surface area contributed by atoms with E-state index >= 15 is 0 Å². The lowest BCUT2D eigenvalue weighted by atomic mass is 9.44. The molecule has 0 aromatic rings. The van der Waals surface area contributed by atoms with E-state index in [0.717, 1.165) is 36.0 Å². The third-order valence-electron chi connectivity index (χ3n) is 8.57. The molecule has 21 heavy (non-hydrogen) atoms. The molecule has 4 aliphatic rings. The highest BCUT2D eigenvalue weighted by molar-refractivity contribution is 5.87. The largest absolute Gasteiger partial charge is 0.299 e. The highest BCUT2D eigenvalue weighted by Crippen LogP contribution is 2.65. The number of carbonyl (C=O) groups is 1. The fraction of sp³-hybridized carbons (Fsp3) is 0.950. The van der Waals surface area contributed by atoms with Gasteiger partial charge in [-0.15, -0.1) is 0 Å². The summed E-state index contributed by atoms with van der Waals surface area (Å²) >= 11 is 0. The maximum Gasteiger partial charge on any atom is 0.139 e. The van der Waals surface area contributed by atoms with Gasteiger partial charge in [0.15, 0.2) is 0 Å². The Hall–Kier alpha value is -0.330. The van der Waals surface area contributed by atoms with Crippen molar-refractivity contribution in [3.05, 3.63) is 0 Å². The number of rotatable bonds is 0. The van der Waals surface area contributed by atoms with Crippen molar-refractivity contribution in [3.63, 3.8) is 0 Å². The molecule has 4 fully saturated rings. The van der Waals surface area contributed by atoms with Gasteiger partial charge in [-0.1, -0.05) is 27.2 Å². The van der Waals surface area contributed by atoms with Crippen LogP contribution in [0.3, 0.4) is 0 Å². The maximum atomic E-state index is 12.4. The van der Waals surface area contributed by atoms with Gasteiger partial charge in [0, 0.05) is 11.8 Å². The van der Waals surface area contributed by atoms with E-state index in [1.165, 1.54) is 51.4 Å². The molecule has 0 spiro atoms. The summed E-state index contributed by atoms with van der Waals surface area (Å²) in [4.78, 5) is 12.4. The Morgan fingerprint density at radius 3 is 2.52 bits per heavy atom. The van der Waals surface area contributed by atoms with E-state index in [1.807, 2.05) is 0 Å². The van der Waals surface area contributed by atoms with Crippen LogP contribution in [0.15, 0.2) is 0 Å². The van der Waals surface area contributed by atoms with E-state index in [2.05, 4.69) is 20.8 Å². The molecular formula is C20H32O. The first-order valence-corrected chi connectivity index (χ1v) is 9.48. The van der Waals surface area contributed by atoms with Crippen LogP contribution < -0.4 is 0 Å². The quantitative estimate of drug-likeness (QED) is 0.596. The normalized spacial score (nSPS) is 56.5. The Labute approximate surface area is 130 Å². The van der Waals surface area contributed by atoms with Crippen molar-refractivity contribution in [2.75, 3.05) is 0 Å². The zero-order chi connectivity index (χ0) is 14.8. The minimum atomic E-state index is 0.0602. The second-order valence-corrected chi connectivity index (χ2v) is 9.46. The smallest absolute Gasteiger partial charge is 0.139 e. The zero-order valence-electron chi connectivity index (χ0n) is 14.2. The van der Waals surface area contributed by atoms with Crippen molar-refractivity contribution in [3.8, 4) is 0 Å². The summed E-state index contributed by atoms with van der Waals surface area (Å²) in [6.07, 6.45) is 11.9. The number of ketones is 1. The molecule has 7 atom stereocenters. The number of fused-ring (bicyclic) bond motifs is 5. The number of hydrogen-bond donors (Lipinski definition) is 0. The molecule has 0 aromatic carbocycles. The molecule has 0 saturated heterocycles. The molecule has 0 radical (unpaired) electrons. The number of carbonyl (C=O) groups excluding carboxylic acids is 1. The summed E-state index contributed by atoms with van der Waals surface area (Å²) in [5.74, 6) is 5.00. The van der Waals surface area contributed by atoms with Crippen molar-refractivity contribution in [2.24, 2.45) is 40.4 Å². The fourth-order valence-electron chi connectivity index (χ4n) is 7.44. The molecule has 0 amide bonds. The zero-order valence-corrected chi connectivity index (χ0v) is 14.2. The SMILES string of the molecule is CC1CCC2CCC3C4CCC(=O)C4(C)CCC3C2(C)C1. The summed E-state index contributed by atoms with van der Waals surface area (Å²) < 4.78 is 0. The molecule has 1 heteroatoms. The van der Waals surface area contributed by atoms with E-state index < -0.39 is 0 Å². The van der Waals surface area contributed by atoms with Crippen LogP contribution in [-0.2, 0) is 4.79 Å². The van der Waals surface area contributed by atoms with Crippen LogP contribution in [0.5, 0.6) is 0 Å².